The van der Waals surface area contributed by atoms with Gasteiger partial charge in [0.2, 0.25) is 0 Å². The minimum atomic E-state index is 0.658. The molecule has 2 rings (SSSR count). The van der Waals surface area contributed by atoms with Crippen LogP contribution in [0.5, 0.6) is 11.5 Å². The zero-order chi connectivity index (χ0) is 15.1. The van der Waals surface area contributed by atoms with Crippen molar-refractivity contribution >= 4 is 23.3 Å². The number of para-hydroxylation sites is 4. The van der Waals surface area contributed by atoms with Gasteiger partial charge in [0.25, 0.3) is 0 Å². The van der Waals surface area contributed by atoms with Crippen LogP contribution in [0.25, 0.3) is 0 Å². The topological polar surface area (TPSA) is 43.2 Å². The van der Waals surface area contributed by atoms with Gasteiger partial charge < -0.3 is 14.5 Å². The summed E-state index contributed by atoms with van der Waals surface area (Å²) in [5.41, 5.74) is 2.13. The molecule has 0 aliphatic rings. The van der Waals surface area contributed by atoms with Gasteiger partial charge in [0.15, 0.2) is 0 Å². The fourth-order valence-electron chi connectivity index (χ4n) is 1.79. The summed E-state index contributed by atoms with van der Waals surface area (Å²) in [4.78, 5) is 8.73. The second-order valence-corrected chi connectivity index (χ2v) is 4.26. The van der Waals surface area contributed by atoms with Crippen molar-refractivity contribution in [2.75, 3.05) is 14.2 Å². The van der Waals surface area contributed by atoms with Crippen LogP contribution in [0.2, 0.25) is 0 Å². The molecule has 0 aromatic heterocycles. The Hall–Kier alpha value is -2.62. The molecule has 0 heterocycles. The molecular formula is C17H17N2O2-. The molecule has 0 saturated heterocycles. The number of hydrogen-bond acceptors (Lipinski definition) is 4. The zero-order valence-corrected chi connectivity index (χ0v) is 12.3. The number of nitrogens with zero attached hydrogens (tertiary/aromatic N) is 2. The summed E-state index contributed by atoms with van der Waals surface area (Å²) in [6, 6.07) is 15.1. The molecule has 4 nitrogen and oxygen atoms in total. The van der Waals surface area contributed by atoms with Crippen molar-refractivity contribution in [3.8, 4) is 11.5 Å². The van der Waals surface area contributed by atoms with E-state index in [0.717, 1.165) is 17.1 Å². The highest BCUT2D eigenvalue weighted by atomic mass is 16.5. The molecule has 0 aliphatic carbocycles. The summed E-state index contributed by atoms with van der Waals surface area (Å²) >= 11 is 0. The van der Waals surface area contributed by atoms with Crippen molar-refractivity contribution in [2.24, 2.45) is 9.98 Å². The van der Waals surface area contributed by atoms with Crippen LogP contribution in [0.15, 0.2) is 58.5 Å². The predicted octanol–water partition coefficient (Wildman–Crippen LogP) is 4.08. The number of aliphatic imine (C=N–C) groups is 2. The number of benzene rings is 2. The summed E-state index contributed by atoms with van der Waals surface area (Å²) in [7, 11) is 3.24. The predicted molar refractivity (Wildman–Crippen MR) is 85.9 cm³/mol. The van der Waals surface area contributed by atoms with E-state index in [9.17, 15) is 0 Å². The molecule has 0 spiro atoms. The lowest BCUT2D eigenvalue weighted by atomic mass is 10.3. The minimum Gasteiger partial charge on any atom is -0.513 e. The van der Waals surface area contributed by atoms with E-state index in [0.29, 0.717) is 11.5 Å². The minimum absolute atomic E-state index is 0.658. The van der Waals surface area contributed by atoms with E-state index in [1.165, 1.54) is 0 Å². The maximum atomic E-state index is 5.26. The molecule has 2 aromatic carbocycles. The second kappa shape index (κ2) is 7.24. The number of rotatable bonds is 5. The average molecular weight is 281 g/mol. The molecule has 21 heavy (non-hydrogen) atoms. The van der Waals surface area contributed by atoms with Crippen molar-refractivity contribution in [3.05, 3.63) is 48.5 Å². The van der Waals surface area contributed by atoms with Crippen LogP contribution in [0.3, 0.4) is 0 Å². The third kappa shape index (κ3) is 3.92. The molecule has 0 unspecified atom stereocenters. The van der Waals surface area contributed by atoms with Crippen LogP contribution in [0.1, 0.15) is 6.92 Å². The highest BCUT2D eigenvalue weighted by molar-refractivity contribution is 6.30. The van der Waals surface area contributed by atoms with Crippen LogP contribution < -0.4 is 9.47 Å². The Balaban J connectivity index is 2.22. The normalized spacial score (nSPS) is 11.7. The van der Waals surface area contributed by atoms with Gasteiger partial charge in [0, 0.05) is 0 Å². The van der Waals surface area contributed by atoms with E-state index in [4.69, 9.17) is 9.47 Å². The first-order valence-electron chi connectivity index (χ1n) is 6.52. The van der Waals surface area contributed by atoms with Gasteiger partial charge in [0.1, 0.15) is 11.4 Å². The van der Waals surface area contributed by atoms with Gasteiger partial charge in [-0.25, -0.2) is 0 Å². The van der Waals surface area contributed by atoms with Crippen LogP contribution in [-0.2, 0) is 0 Å². The van der Waals surface area contributed by atoms with Crippen molar-refractivity contribution in [2.45, 2.75) is 6.92 Å². The van der Waals surface area contributed by atoms with E-state index in [2.05, 4.69) is 16.2 Å². The van der Waals surface area contributed by atoms with Gasteiger partial charge >= 0.3 is 0 Å². The van der Waals surface area contributed by atoms with Crippen LogP contribution in [-0.4, -0.2) is 26.1 Å². The maximum Gasteiger partial charge on any atom is 0.144 e. The smallest absolute Gasteiger partial charge is 0.144 e. The Morgan fingerprint density at radius 3 is 2.00 bits per heavy atom. The van der Waals surface area contributed by atoms with Gasteiger partial charge in [-0.05, 0) is 30.8 Å². The van der Waals surface area contributed by atoms with Crippen molar-refractivity contribution in [1.82, 2.24) is 0 Å². The standard InChI is InChI=1S/C17H17N2O2/c1-13(19-15-9-5-7-11-17(15)21-3)12-18-14-8-4-6-10-16(14)20-2/h4-11H,1-3H3/q-1. The zero-order valence-electron chi connectivity index (χ0n) is 12.3. The van der Waals surface area contributed by atoms with Crippen LogP contribution in [0.4, 0.5) is 11.4 Å². The summed E-state index contributed by atoms with van der Waals surface area (Å²) in [5, 5.41) is 0. The molecule has 2 aromatic rings. The molecular weight excluding hydrogens is 264 g/mol. The molecule has 0 saturated carbocycles. The second-order valence-electron chi connectivity index (χ2n) is 4.26. The van der Waals surface area contributed by atoms with Gasteiger partial charge in [-0.1, -0.05) is 30.0 Å². The third-order valence-electron chi connectivity index (χ3n) is 2.80. The molecule has 0 radical (unpaired) electrons. The van der Waals surface area contributed by atoms with Gasteiger partial charge in [-0.3, -0.25) is 4.99 Å². The molecule has 0 amide bonds. The van der Waals surface area contributed by atoms with Crippen molar-refractivity contribution in [1.29, 1.82) is 0 Å². The van der Waals surface area contributed by atoms with Crippen molar-refractivity contribution < 1.29 is 9.47 Å². The Bertz CT molecular complexity index is 663. The lowest BCUT2D eigenvalue weighted by molar-refractivity contribution is 0.416. The van der Waals surface area contributed by atoms with Gasteiger partial charge in [0.05, 0.1) is 20.0 Å². The van der Waals surface area contributed by atoms with E-state index >= 15 is 0 Å². The Kier molecular flexibility index (Phi) is 5.10. The SMILES string of the molecule is COc1ccccc1N=[C-]C(C)=Nc1ccccc1OC. The molecule has 0 atom stereocenters. The fraction of sp³-hybridized carbons (Fsp3) is 0.176. The van der Waals surface area contributed by atoms with Gasteiger partial charge in [-0.15, -0.1) is 12.3 Å². The lowest BCUT2D eigenvalue weighted by Gasteiger charge is -2.11. The fourth-order valence-corrected chi connectivity index (χ4v) is 1.79. The molecule has 4 heteroatoms. The third-order valence-corrected chi connectivity index (χ3v) is 2.80. The quantitative estimate of drug-likeness (QED) is 0.612. The summed E-state index contributed by atoms with van der Waals surface area (Å²) in [6.07, 6.45) is 2.91. The Labute approximate surface area is 124 Å². The highest BCUT2D eigenvalue weighted by Gasteiger charge is 1.97. The molecule has 108 valence electrons. The van der Waals surface area contributed by atoms with E-state index in [1.807, 2.05) is 55.5 Å². The van der Waals surface area contributed by atoms with E-state index < -0.39 is 0 Å². The van der Waals surface area contributed by atoms with Crippen LogP contribution >= 0.6 is 0 Å². The monoisotopic (exact) mass is 281 g/mol. The molecule has 0 bridgehead atoms. The summed E-state index contributed by atoms with van der Waals surface area (Å²) < 4.78 is 10.5. The van der Waals surface area contributed by atoms with E-state index in [-0.39, 0.29) is 0 Å². The van der Waals surface area contributed by atoms with E-state index in [1.54, 1.807) is 14.2 Å². The number of methoxy groups -OCH3 is 2. The Morgan fingerprint density at radius 2 is 1.38 bits per heavy atom. The summed E-state index contributed by atoms with van der Waals surface area (Å²) in [5.74, 6) is 1.42. The molecule has 0 N–H and O–H groups in total. The first-order chi connectivity index (χ1) is 10.2. The van der Waals surface area contributed by atoms with Crippen molar-refractivity contribution in [3.63, 3.8) is 0 Å². The highest BCUT2D eigenvalue weighted by Crippen LogP contribution is 2.27. The van der Waals surface area contributed by atoms with Crippen LogP contribution in [0, 0.1) is 0 Å². The number of ether oxygens (including phenoxy) is 2. The number of hydrogen-bond donors (Lipinski definition) is 0. The lowest BCUT2D eigenvalue weighted by Crippen LogP contribution is -1.93. The summed E-state index contributed by atoms with van der Waals surface area (Å²) in [6.45, 7) is 1.84. The first kappa shape index (κ1) is 14.8. The molecule has 0 aliphatic heterocycles. The first-order valence-corrected chi connectivity index (χ1v) is 6.52. The maximum absolute atomic E-state index is 5.26. The largest absolute Gasteiger partial charge is 0.513 e. The average Bonchev–Trinajstić information content (AvgIpc) is 2.53. The molecule has 0 fully saturated rings. The Morgan fingerprint density at radius 1 is 0.857 bits per heavy atom. The van der Waals surface area contributed by atoms with Gasteiger partial charge in [-0.2, -0.15) is 0 Å².